The number of benzene rings is 2. The molecule has 0 saturated heterocycles. The molecule has 0 atom stereocenters. The Labute approximate surface area is 112 Å². The molecule has 1 aliphatic rings. The molecular weight excluding hydrogens is 238 g/mol. The van der Waals surface area contributed by atoms with E-state index in [1.807, 2.05) is 23.9 Å². The van der Waals surface area contributed by atoms with Crippen molar-refractivity contribution in [2.24, 2.45) is 0 Å². The summed E-state index contributed by atoms with van der Waals surface area (Å²) in [6, 6.07) is 15.0. The summed E-state index contributed by atoms with van der Waals surface area (Å²) in [6.45, 7) is 0. The van der Waals surface area contributed by atoms with Gasteiger partial charge in [0.25, 0.3) is 0 Å². The third-order valence-corrected chi connectivity index (χ3v) is 4.43. The van der Waals surface area contributed by atoms with Crippen molar-refractivity contribution in [3.63, 3.8) is 0 Å². The molecule has 92 valence electrons. The van der Waals surface area contributed by atoms with Crippen LogP contribution >= 0.6 is 11.8 Å². The SMILES string of the molecule is Nc1ccc(Sc2ccc3c(c2)CCCC3)cc1. The molecule has 0 amide bonds. The van der Waals surface area contributed by atoms with E-state index in [-0.39, 0.29) is 0 Å². The molecule has 0 fully saturated rings. The molecule has 3 rings (SSSR count). The number of anilines is 1. The molecule has 0 saturated carbocycles. The van der Waals surface area contributed by atoms with Crippen molar-refractivity contribution in [3.8, 4) is 0 Å². The van der Waals surface area contributed by atoms with Gasteiger partial charge in [-0.05, 0) is 73.2 Å². The lowest BCUT2D eigenvalue weighted by Gasteiger charge is -2.16. The molecule has 0 aromatic heterocycles. The predicted molar refractivity (Wildman–Crippen MR) is 78.1 cm³/mol. The number of rotatable bonds is 2. The van der Waals surface area contributed by atoms with Gasteiger partial charge in [-0.3, -0.25) is 0 Å². The van der Waals surface area contributed by atoms with Gasteiger partial charge in [0.15, 0.2) is 0 Å². The van der Waals surface area contributed by atoms with Crippen LogP contribution in [0.4, 0.5) is 5.69 Å². The average molecular weight is 255 g/mol. The van der Waals surface area contributed by atoms with E-state index in [1.54, 1.807) is 11.1 Å². The van der Waals surface area contributed by atoms with Gasteiger partial charge < -0.3 is 5.73 Å². The molecule has 2 aromatic carbocycles. The maximum atomic E-state index is 5.70. The van der Waals surface area contributed by atoms with Crippen molar-refractivity contribution in [3.05, 3.63) is 53.6 Å². The van der Waals surface area contributed by atoms with Crippen molar-refractivity contribution < 1.29 is 0 Å². The van der Waals surface area contributed by atoms with Gasteiger partial charge in [0.2, 0.25) is 0 Å². The average Bonchev–Trinajstić information content (AvgIpc) is 2.41. The number of hydrogen-bond acceptors (Lipinski definition) is 2. The third kappa shape index (κ3) is 2.54. The molecular formula is C16H17NS. The number of fused-ring (bicyclic) bond motifs is 1. The van der Waals surface area contributed by atoms with Crippen LogP contribution in [0.1, 0.15) is 24.0 Å². The van der Waals surface area contributed by atoms with Crippen LogP contribution in [0, 0.1) is 0 Å². The Morgan fingerprint density at radius 1 is 0.778 bits per heavy atom. The predicted octanol–water partition coefficient (Wildman–Crippen LogP) is 4.30. The lowest BCUT2D eigenvalue weighted by atomic mass is 9.92. The maximum Gasteiger partial charge on any atom is 0.0314 e. The Hall–Kier alpha value is -1.41. The first-order valence-corrected chi connectivity index (χ1v) is 7.28. The molecule has 1 nitrogen and oxygen atoms in total. The summed E-state index contributed by atoms with van der Waals surface area (Å²) in [7, 11) is 0. The van der Waals surface area contributed by atoms with Crippen molar-refractivity contribution in [1.29, 1.82) is 0 Å². The Morgan fingerprint density at radius 3 is 2.22 bits per heavy atom. The Bertz CT molecular complexity index is 546. The Morgan fingerprint density at radius 2 is 1.44 bits per heavy atom. The first-order valence-electron chi connectivity index (χ1n) is 6.46. The van der Waals surface area contributed by atoms with Crippen LogP contribution in [0.15, 0.2) is 52.3 Å². The zero-order chi connectivity index (χ0) is 12.4. The third-order valence-electron chi connectivity index (χ3n) is 3.44. The summed E-state index contributed by atoms with van der Waals surface area (Å²) in [6.07, 6.45) is 5.17. The van der Waals surface area contributed by atoms with Crippen molar-refractivity contribution in [2.45, 2.75) is 35.5 Å². The first-order chi connectivity index (χ1) is 8.81. The fourth-order valence-corrected chi connectivity index (χ4v) is 3.33. The highest BCUT2D eigenvalue weighted by atomic mass is 32.2. The van der Waals surface area contributed by atoms with E-state index in [2.05, 4.69) is 30.3 Å². The fourth-order valence-electron chi connectivity index (χ4n) is 2.45. The Kier molecular flexibility index (Phi) is 3.28. The number of nitrogens with two attached hydrogens (primary N) is 1. The number of hydrogen-bond donors (Lipinski definition) is 1. The number of aryl methyl sites for hydroxylation is 2. The van der Waals surface area contributed by atoms with Crippen LogP contribution in [-0.2, 0) is 12.8 Å². The minimum Gasteiger partial charge on any atom is -0.399 e. The highest BCUT2D eigenvalue weighted by molar-refractivity contribution is 7.99. The highest BCUT2D eigenvalue weighted by Crippen LogP contribution is 2.31. The van der Waals surface area contributed by atoms with E-state index in [9.17, 15) is 0 Å². The fraction of sp³-hybridized carbons (Fsp3) is 0.250. The topological polar surface area (TPSA) is 26.0 Å². The zero-order valence-electron chi connectivity index (χ0n) is 10.4. The summed E-state index contributed by atoms with van der Waals surface area (Å²) in [5.74, 6) is 0. The van der Waals surface area contributed by atoms with E-state index in [0.29, 0.717) is 0 Å². The van der Waals surface area contributed by atoms with Crippen LogP contribution < -0.4 is 5.73 Å². The second-order valence-electron chi connectivity index (χ2n) is 4.81. The molecule has 2 heteroatoms. The summed E-state index contributed by atoms with van der Waals surface area (Å²) >= 11 is 1.81. The largest absolute Gasteiger partial charge is 0.399 e. The molecule has 2 N–H and O–H groups in total. The monoisotopic (exact) mass is 255 g/mol. The zero-order valence-corrected chi connectivity index (χ0v) is 11.2. The smallest absolute Gasteiger partial charge is 0.0314 e. The van der Waals surface area contributed by atoms with Gasteiger partial charge in [0, 0.05) is 15.5 Å². The molecule has 0 aliphatic heterocycles. The van der Waals surface area contributed by atoms with E-state index in [4.69, 9.17) is 5.73 Å². The van der Waals surface area contributed by atoms with Crippen LogP contribution in [0.2, 0.25) is 0 Å². The Balaban J connectivity index is 1.82. The standard InChI is InChI=1S/C16H17NS/c17-14-6-9-15(10-7-14)18-16-8-5-12-3-1-2-4-13(12)11-16/h5-11H,1-4,17H2. The van der Waals surface area contributed by atoms with Crippen LogP contribution in [0.3, 0.4) is 0 Å². The van der Waals surface area contributed by atoms with E-state index in [1.165, 1.54) is 35.5 Å². The van der Waals surface area contributed by atoms with Crippen LogP contribution in [0.5, 0.6) is 0 Å². The van der Waals surface area contributed by atoms with Crippen LogP contribution in [0.25, 0.3) is 0 Å². The van der Waals surface area contributed by atoms with Gasteiger partial charge in [-0.1, -0.05) is 17.8 Å². The molecule has 0 heterocycles. The molecule has 1 aliphatic carbocycles. The molecule has 0 radical (unpaired) electrons. The van der Waals surface area contributed by atoms with Gasteiger partial charge in [0.1, 0.15) is 0 Å². The molecule has 0 bridgehead atoms. The van der Waals surface area contributed by atoms with Gasteiger partial charge in [-0.2, -0.15) is 0 Å². The quantitative estimate of drug-likeness (QED) is 0.810. The summed E-state index contributed by atoms with van der Waals surface area (Å²) in [5, 5.41) is 0. The maximum absolute atomic E-state index is 5.70. The molecule has 0 unspecified atom stereocenters. The second-order valence-corrected chi connectivity index (χ2v) is 5.96. The van der Waals surface area contributed by atoms with Crippen LogP contribution in [-0.4, -0.2) is 0 Å². The minimum atomic E-state index is 0.824. The first kappa shape index (κ1) is 11.7. The summed E-state index contributed by atoms with van der Waals surface area (Å²) in [4.78, 5) is 2.58. The summed E-state index contributed by atoms with van der Waals surface area (Å²) < 4.78 is 0. The summed E-state index contributed by atoms with van der Waals surface area (Å²) in [5.41, 5.74) is 9.61. The number of nitrogen functional groups attached to an aromatic ring is 1. The van der Waals surface area contributed by atoms with Crippen molar-refractivity contribution in [2.75, 3.05) is 5.73 Å². The van der Waals surface area contributed by atoms with E-state index in [0.717, 1.165) is 5.69 Å². The minimum absolute atomic E-state index is 0.824. The van der Waals surface area contributed by atoms with Gasteiger partial charge in [0.05, 0.1) is 0 Å². The molecule has 18 heavy (non-hydrogen) atoms. The normalized spacial score (nSPS) is 14.2. The van der Waals surface area contributed by atoms with Gasteiger partial charge in [-0.15, -0.1) is 0 Å². The van der Waals surface area contributed by atoms with E-state index >= 15 is 0 Å². The highest BCUT2D eigenvalue weighted by Gasteiger charge is 2.09. The van der Waals surface area contributed by atoms with Crippen molar-refractivity contribution >= 4 is 17.4 Å². The van der Waals surface area contributed by atoms with Gasteiger partial charge >= 0.3 is 0 Å². The van der Waals surface area contributed by atoms with Gasteiger partial charge in [-0.25, -0.2) is 0 Å². The van der Waals surface area contributed by atoms with Crippen molar-refractivity contribution in [1.82, 2.24) is 0 Å². The second kappa shape index (κ2) is 5.07. The lowest BCUT2D eigenvalue weighted by molar-refractivity contribution is 0.683. The lowest BCUT2D eigenvalue weighted by Crippen LogP contribution is -2.01. The molecule has 0 spiro atoms. The molecule has 2 aromatic rings. The van der Waals surface area contributed by atoms with E-state index < -0.39 is 0 Å².